The summed E-state index contributed by atoms with van der Waals surface area (Å²) in [6, 6.07) is 10.8. The van der Waals surface area contributed by atoms with Crippen LogP contribution in [0.4, 0.5) is 0 Å². The molecular weight excluding hydrogens is 186 g/mol. The lowest BCUT2D eigenvalue weighted by molar-refractivity contribution is 0.324. The molecular formula is C12H15N3. The maximum absolute atomic E-state index is 8.52. The van der Waals surface area contributed by atoms with Crippen molar-refractivity contribution in [1.82, 2.24) is 10.2 Å². The molecule has 1 atom stereocenters. The predicted octanol–water partition coefficient (Wildman–Crippen LogP) is 1.33. The summed E-state index contributed by atoms with van der Waals surface area (Å²) in [6.07, 6.45) is 3.09. The number of hydrogen-bond acceptors (Lipinski definition) is 3. The van der Waals surface area contributed by atoms with Crippen molar-refractivity contribution in [2.24, 2.45) is 0 Å². The van der Waals surface area contributed by atoms with E-state index in [-0.39, 0.29) is 0 Å². The van der Waals surface area contributed by atoms with Crippen molar-refractivity contribution in [2.45, 2.75) is 19.0 Å². The fourth-order valence-corrected chi connectivity index (χ4v) is 2.03. The lowest BCUT2D eigenvalue weighted by Gasteiger charge is -2.15. The van der Waals surface area contributed by atoms with E-state index in [1.165, 1.54) is 5.56 Å². The van der Waals surface area contributed by atoms with Gasteiger partial charge in [-0.2, -0.15) is 5.26 Å². The number of rotatable bonds is 3. The van der Waals surface area contributed by atoms with E-state index in [0.717, 1.165) is 26.1 Å². The van der Waals surface area contributed by atoms with Gasteiger partial charge in [0.2, 0.25) is 0 Å². The standard InChI is InChI=1S/C12H15N3/c13-10-14-12-6-7-15(9-12)8-11-4-2-1-3-5-11/h1-5,12,14H,6-9H2. The highest BCUT2D eigenvalue weighted by atomic mass is 15.2. The fourth-order valence-electron chi connectivity index (χ4n) is 2.03. The average Bonchev–Trinajstić information content (AvgIpc) is 2.68. The molecule has 2 rings (SSSR count). The minimum atomic E-state index is 0.346. The summed E-state index contributed by atoms with van der Waals surface area (Å²) in [5.41, 5.74) is 1.34. The molecule has 1 aromatic carbocycles. The molecule has 1 aliphatic rings. The Kier molecular flexibility index (Phi) is 3.21. The summed E-state index contributed by atoms with van der Waals surface area (Å²) in [7, 11) is 0. The monoisotopic (exact) mass is 201 g/mol. The zero-order valence-electron chi connectivity index (χ0n) is 8.69. The van der Waals surface area contributed by atoms with E-state index in [1.54, 1.807) is 0 Å². The van der Waals surface area contributed by atoms with E-state index in [2.05, 4.69) is 34.5 Å². The first kappa shape index (κ1) is 10.0. The van der Waals surface area contributed by atoms with E-state index in [4.69, 9.17) is 5.26 Å². The van der Waals surface area contributed by atoms with Gasteiger partial charge >= 0.3 is 0 Å². The van der Waals surface area contributed by atoms with E-state index < -0.39 is 0 Å². The van der Waals surface area contributed by atoms with Crippen LogP contribution in [0.2, 0.25) is 0 Å². The van der Waals surface area contributed by atoms with Crippen molar-refractivity contribution in [3.63, 3.8) is 0 Å². The second-order valence-electron chi connectivity index (χ2n) is 3.96. The molecule has 78 valence electrons. The molecule has 0 radical (unpaired) electrons. The maximum Gasteiger partial charge on any atom is 0.176 e. The fraction of sp³-hybridized carbons (Fsp3) is 0.417. The van der Waals surface area contributed by atoms with Crippen LogP contribution in [0.25, 0.3) is 0 Å². The Morgan fingerprint density at radius 3 is 2.93 bits per heavy atom. The third kappa shape index (κ3) is 2.71. The first-order chi connectivity index (χ1) is 7.38. The number of benzene rings is 1. The Morgan fingerprint density at radius 2 is 2.20 bits per heavy atom. The second kappa shape index (κ2) is 4.81. The van der Waals surface area contributed by atoms with Gasteiger partial charge in [-0.3, -0.25) is 4.90 Å². The van der Waals surface area contributed by atoms with Gasteiger partial charge in [0.15, 0.2) is 6.19 Å². The molecule has 0 amide bonds. The van der Waals surface area contributed by atoms with Gasteiger partial charge in [-0.25, -0.2) is 0 Å². The molecule has 0 saturated carbocycles. The van der Waals surface area contributed by atoms with Gasteiger partial charge in [0.25, 0.3) is 0 Å². The molecule has 0 aromatic heterocycles. The lowest BCUT2D eigenvalue weighted by atomic mass is 10.2. The van der Waals surface area contributed by atoms with E-state index in [1.807, 2.05) is 12.3 Å². The minimum Gasteiger partial charge on any atom is -0.319 e. The number of hydrogen-bond donors (Lipinski definition) is 1. The van der Waals surface area contributed by atoms with E-state index in [9.17, 15) is 0 Å². The summed E-state index contributed by atoms with van der Waals surface area (Å²) < 4.78 is 0. The quantitative estimate of drug-likeness (QED) is 0.592. The number of nitriles is 1. The SMILES string of the molecule is N#CNC1CCN(Cc2ccccc2)C1. The summed E-state index contributed by atoms with van der Waals surface area (Å²) in [4.78, 5) is 2.38. The summed E-state index contributed by atoms with van der Waals surface area (Å²) >= 11 is 0. The number of likely N-dealkylation sites (tertiary alicyclic amines) is 1. The topological polar surface area (TPSA) is 39.1 Å². The molecule has 15 heavy (non-hydrogen) atoms. The van der Waals surface area contributed by atoms with E-state index in [0.29, 0.717) is 6.04 Å². The summed E-state index contributed by atoms with van der Waals surface area (Å²) in [5.74, 6) is 0. The van der Waals surface area contributed by atoms with Crippen molar-refractivity contribution in [2.75, 3.05) is 13.1 Å². The Morgan fingerprint density at radius 1 is 1.40 bits per heavy atom. The molecule has 0 aliphatic carbocycles. The van der Waals surface area contributed by atoms with Crippen LogP contribution in [0.3, 0.4) is 0 Å². The van der Waals surface area contributed by atoms with Crippen molar-refractivity contribution in [1.29, 1.82) is 5.26 Å². The minimum absolute atomic E-state index is 0.346. The molecule has 1 aromatic rings. The molecule has 1 saturated heterocycles. The van der Waals surface area contributed by atoms with Crippen molar-refractivity contribution < 1.29 is 0 Å². The summed E-state index contributed by atoms with van der Waals surface area (Å²) in [6.45, 7) is 3.04. The molecule has 1 unspecified atom stereocenters. The van der Waals surface area contributed by atoms with Gasteiger partial charge in [0.1, 0.15) is 0 Å². The second-order valence-corrected chi connectivity index (χ2v) is 3.96. The van der Waals surface area contributed by atoms with Gasteiger partial charge in [-0.15, -0.1) is 0 Å². The van der Waals surface area contributed by atoms with Crippen molar-refractivity contribution in [3.05, 3.63) is 35.9 Å². The van der Waals surface area contributed by atoms with Crippen LogP contribution < -0.4 is 5.32 Å². The molecule has 3 nitrogen and oxygen atoms in total. The molecule has 1 N–H and O–H groups in total. The Bertz CT molecular complexity index is 342. The smallest absolute Gasteiger partial charge is 0.176 e. The molecule has 1 heterocycles. The Labute approximate surface area is 90.3 Å². The van der Waals surface area contributed by atoms with Gasteiger partial charge < -0.3 is 5.32 Å². The number of nitrogens with one attached hydrogen (secondary N) is 1. The highest BCUT2D eigenvalue weighted by molar-refractivity contribution is 5.14. The first-order valence-electron chi connectivity index (χ1n) is 5.29. The van der Waals surface area contributed by atoms with Gasteiger partial charge in [-0.05, 0) is 12.0 Å². The van der Waals surface area contributed by atoms with Crippen LogP contribution in [0.1, 0.15) is 12.0 Å². The average molecular weight is 201 g/mol. The van der Waals surface area contributed by atoms with Crippen LogP contribution in [0.5, 0.6) is 0 Å². The van der Waals surface area contributed by atoms with Gasteiger partial charge in [0, 0.05) is 25.7 Å². The zero-order valence-corrected chi connectivity index (χ0v) is 8.69. The normalized spacial score (nSPS) is 21.1. The zero-order chi connectivity index (χ0) is 10.5. The molecule has 0 spiro atoms. The third-order valence-electron chi connectivity index (χ3n) is 2.79. The highest BCUT2D eigenvalue weighted by Crippen LogP contribution is 2.12. The van der Waals surface area contributed by atoms with Crippen LogP contribution >= 0.6 is 0 Å². The van der Waals surface area contributed by atoms with Crippen molar-refractivity contribution >= 4 is 0 Å². The Balaban J connectivity index is 1.85. The number of nitrogens with zero attached hydrogens (tertiary/aromatic N) is 2. The lowest BCUT2D eigenvalue weighted by Crippen LogP contribution is -2.29. The first-order valence-corrected chi connectivity index (χ1v) is 5.29. The van der Waals surface area contributed by atoms with Crippen LogP contribution in [-0.4, -0.2) is 24.0 Å². The third-order valence-corrected chi connectivity index (χ3v) is 2.79. The maximum atomic E-state index is 8.52. The van der Waals surface area contributed by atoms with E-state index >= 15 is 0 Å². The highest BCUT2D eigenvalue weighted by Gasteiger charge is 2.21. The van der Waals surface area contributed by atoms with Crippen LogP contribution in [-0.2, 0) is 6.54 Å². The molecule has 1 fully saturated rings. The Hall–Kier alpha value is -1.53. The molecule has 3 heteroatoms. The molecule has 1 aliphatic heterocycles. The van der Waals surface area contributed by atoms with Gasteiger partial charge in [-0.1, -0.05) is 30.3 Å². The van der Waals surface area contributed by atoms with Crippen LogP contribution in [0, 0.1) is 11.5 Å². The van der Waals surface area contributed by atoms with Crippen LogP contribution in [0.15, 0.2) is 30.3 Å². The van der Waals surface area contributed by atoms with Crippen molar-refractivity contribution in [3.8, 4) is 6.19 Å². The molecule has 0 bridgehead atoms. The van der Waals surface area contributed by atoms with Gasteiger partial charge in [0.05, 0.1) is 0 Å². The largest absolute Gasteiger partial charge is 0.319 e. The predicted molar refractivity (Wildman–Crippen MR) is 58.9 cm³/mol. The summed E-state index contributed by atoms with van der Waals surface area (Å²) in [5, 5.41) is 11.3.